The average molecular weight is 427 g/mol. The fourth-order valence-corrected chi connectivity index (χ4v) is 4.23. The van der Waals surface area contributed by atoms with E-state index in [0.717, 1.165) is 4.57 Å². The highest BCUT2D eigenvalue weighted by Gasteiger charge is 2.46. The lowest BCUT2D eigenvalue weighted by Gasteiger charge is -2.25. The fourth-order valence-electron chi connectivity index (χ4n) is 3.00. The zero-order chi connectivity index (χ0) is 20.6. The molecule has 3 heterocycles. The van der Waals surface area contributed by atoms with Gasteiger partial charge in [-0.1, -0.05) is 18.2 Å². The second kappa shape index (κ2) is 7.84. The van der Waals surface area contributed by atoms with Crippen LogP contribution in [0.3, 0.4) is 0 Å². The minimum absolute atomic E-state index is 0.0269. The van der Waals surface area contributed by atoms with Crippen molar-refractivity contribution in [2.45, 2.75) is 31.1 Å². The first-order valence-electron chi connectivity index (χ1n) is 8.58. The number of benzene rings is 1. The summed E-state index contributed by atoms with van der Waals surface area (Å²) in [4.78, 5) is 15.6. The number of hydrogen-bond donors (Lipinski definition) is 4. The third-order valence-corrected chi connectivity index (χ3v) is 5.84. The Morgan fingerprint density at radius 2 is 2.07 bits per heavy atom. The molecule has 1 aromatic carbocycles. The monoisotopic (exact) mass is 427 g/mol. The van der Waals surface area contributed by atoms with Gasteiger partial charge in [0.2, 0.25) is 0 Å². The van der Waals surface area contributed by atoms with E-state index in [1.807, 2.05) is 0 Å². The van der Waals surface area contributed by atoms with Crippen LogP contribution in [-0.4, -0.2) is 49.9 Å². The largest absolute Gasteiger partial charge is 0.530 e. The lowest BCUT2D eigenvalue weighted by Crippen LogP contribution is -2.36. The van der Waals surface area contributed by atoms with Crippen LogP contribution in [0.2, 0.25) is 0 Å². The lowest BCUT2D eigenvalue weighted by atomic mass is 10.1. The standard InChI is InChI=1S/C16H18N3O9P/c20-13-11(8-26-29(24)25-7-9-3-1-2-4-10(9)28-29)27-15(14(13)21)19-6-5-12(18-23)17-16(19)22/h1-6,11,13-15,20-21,23H,7-8H2,(H,17,18,22)/t11-,13+,14+,15-,29?/m1/s1. The molecule has 2 aliphatic rings. The Kier molecular flexibility index (Phi) is 5.40. The number of fused-ring (bicyclic) bond motifs is 1. The van der Waals surface area contributed by atoms with E-state index < -0.39 is 44.7 Å². The van der Waals surface area contributed by atoms with Crippen molar-refractivity contribution >= 4 is 13.6 Å². The van der Waals surface area contributed by atoms with Gasteiger partial charge in [-0.05, 0) is 12.1 Å². The molecule has 5 atom stereocenters. The molecule has 2 aromatic rings. The average Bonchev–Trinajstić information content (AvgIpc) is 3.00. The van der Waals surface area contributed by atoms with Crippen LogP contribution in [0.1, 0.15) is 11.8 Å². The molecule has 13 heteroatoms. The third-order valence-electron chi connectivity index (χ3n) is 4.51. The summed E-state index contributed by atoms with van der Waals surface area (Å²) in [5.41, 5.74) is 1.61. The molecule has 1 aromatic heterocycles. The van der Waals surface area contributed by atoms with Crippen molar-refractivity contribution in [2.24, 2.45) is 0 Å². The van der Waals surface area contributed by atoms with Gasteiger partial charge in [0.15, 0.2) is 12.0 Å². The number of phosphoric acid groups is 1. The summed E-state index contributed by atoms with van der Waals surface area (Å²) >= 11 is 0. The van der Waals surface area contributed by atoms with E-state index in [9.17, 15) is 19.6 Å². The number of rotatable bonds is 5. The van der Waals surface area contributed by atoms with Crippen molar-refractivity contribution in [1.29, 1.82) is 0 Å². The Balaban J connectivity index is 1.44. The van der Waals surface area contributed by atoms with Crippen molar-refractivity contribution in [1.82, 2.24) is 9.55 Å². The highest BCUT2D eigenvalue weighted by atomic mass is 31.2. The number of aliphatic hydroxyl groups excluding tert-OH is 2. The first-order chi connectivity index (χ1) is 13.9. The molecule has 0 spiro atoms. The molecule has 4 rings (SSSR count). The summed E-state index contributed by atoms with van der Waals surface area (Å²) in [5.74, 6) is 0.271. The van der Waals surface area contributed by atoms with E-state index in [4.69, 9.17) is 23.5 Å². The highest BCUT2D eigenvalue weighted by Crippen LogP contribution is 2.54. The highest BCUT2D eigenvalue weighted by molar-refractivity contribution is 7.49. The molecule has 0 bridgehead atoms. The normalized spacial score (nSPS) is 31.1. The number of aliphatic hydroxyl groups is 2. The van der Waals surface area contributed by atoms with Crippen LogP contribution in [0.25, 0.3) is 0 Å². The molecule has 0 amide bonds. The number of anilines is 1. The smallest absolute Gasteiger partial charge is 0.404 e. The number of nitrogens with zero attached hydrogens (tertiary/aromatic N) is 2. The molecular formula is C16H18N3O9P. The zero-order valence-corrected chi connectivity index (χ0v) is 15.7. The van der Waals surface area contributed by atoms with Crippen molar-refractivity contribution < 1.29 is 38.3 Å². The van der Waals surface area contributed by atoms with Gasteiger partial charge in [0, 0.05) is 11.8 Å². The maximum atomic E-state index is 12.7. The maximum absolute atomic E-state index is 12.7. The Bertz CT molecular complexity index is 1000. The predicted octanol–water partition coefficient (Wildman–Crippen LogP) is 0.397. The van der Waals surface area contributed by atoms with Crippen LogP contribution in [0, 0.1) is 0 Å². The van der Waals surface area contributed by atoms with Gasteiger partial charge in [0.1, 0.15) is 24.1 Å². The van der Waals surface area contributed by atoms with E-state index >= 15 is 0 Å². The van der Waals surface area contributed by atoms with Crippen LogP contribution >= 0.6 is 7.82 Å². The molecule has 1 unspecified atom stereocenters. The molecular weight excluding hydrogens is 409 g/mol. The van der Waals surface area contributed by atoms with E-state index in [2.05, 4.69) is 4.98 Å². The second-order valence-corrected chi connectivity index (χ2v) is 7.97. The number of phosphoric ester groups is 1. The summed E-state index contributed by atoms with van der Waals surface area (Å²) in [6, 6.07) is 8.15. The number of ether oxygens (including phenoxy) is 1. The lowest BCUT2D eigenvalue weighted by molar-refractivity contribution is -0.0553. The Morgan fingerprint density at radius 3 is 2.83 bits per heavy atom. The quantitative estimate of drug-likeness (QED) is 0.386. The van der Waals surface area contributed by atoms with Crippen LogP contribution in [0.5, 0.6) is 5.75 Å². The minimum Gasteiger partial charge on any atom is -0.404 e. The molecule has 12 nitrogen and oxygen atoms in total. The van der Waals surface area contributed by atoms with Crippen LogP contribution in [0.15, 0.2) is 41.3 Å². The van der Waals surface area contributed by atoms with E-state index in [0.29, 0.717) is 11.3 Å². The van der Waals surface area contributed by atoms with Gasteiger partial charge in [-0.2, -0.15) is 4.98 Å². The van der Waals surface area contributed by atoms with Gasteiger partial charge in [-0.3, -0.25) is 24.3 Å². The number of nitrogens with one attached hydrogen (secondary N) is 1. The van der Waals surface area contributed by atoms with Crippen molar-refractivity contribution in [2.75, 3.05) is 12.1 Å². The van der Waals surface area contributed by atoms with Gasteiger partial charge in [-0.25, -0.2) is 9.36 Å². The van der Waals surface area contributed by atoms with E-state index in [1.165, 1.54) is 12.3 Å². The molecule has 0 saturated carbocycles. The van der Waals surface area contributed by atoms with Gasteiger partial charge < -0.3 is 19.5 Å². The summed E-state index contributed by atoms with van der Waals surface area (Å²) < 4.78 is 34.9. The number of aromatic nitrogens is 2. The molecule has 29 heavy (non-hydrogen) atoms. The molecule has 0 aliphatic carbocycles. The van der Waals surface area contributed by atoms with Gasteiger partial charge in [-0.15, -0.1) is 0 Å². The molecule has 0 radical (unpaired) electrons. The Morgan fingerprint density at radius 1 is 1.28 bits per heavy atom. The molecule has 1 fully saturated rings. The zero-order valence-electron chi connectivity index (χ0n) is 14.8. The third kappa shape index (κ3) is 3.91. The first kappa shape index (κ1) is 20.0. The maximum Gasteiger partial charge on any atom is 0.530 e. The van der Waals surface area contributed by atoms with Crippen LogP contribution in [-0.2, 0) is 25.0 Å². The minimum atomic E-state index is -3.95. The Hall–Kier alpha value is -2.31. The summed E-state index contributed by atoms with van der Waals surface area (Å²) in [7, 11) is -3.95. The molecule has 4 N–H and O–H groups in total. The topological polar surface area (TPSA) is 162 Å². The van der Waals surface area contributed by atoms with E-state index in [-0.39, 0.29) is 12.4 Å². The SMILES string of the molecule is O=c1nc(NO)ccn1[C@@H]1O[C@H](COP2(=O)OCc3ccccc3O2)[C@H](O)[C@@H]1O. The fraction of sp³-hybridized carbons (Fsp3) is 0.375. The summed E-state index contributed by atoms with van der Waals surface area (Å²) in [6.07, 6.45) is -4.07. The van der Waals surface area contributed by atoms with E-state index in [1.54, 1.807) is 29.7 Å². The van der Waals surface area contributed by atoms with Crippen molar-refractivity contribution in [3.05, 3.63) is 52.6 Å². The van der Waals surface area contributed by atoms with Crippen molar-refractivity contribution in [3.8, 4) is 5.75 Å². The molecule has 2 aliphatic heterocycles. The van der Waals surface area contributed by atoms with Crippen LogP contribution in [0.4, 0.5) is 5.82 Å². The van der Waals surface area contributed by atoms with Crippen LogP contribution < -0.4 is 15.7 Å². The number of para-hydroxylation sites is 1. The summed E-state index contributed by atoms with van der Waals surface area (Å²) in [5, 5.41) is 29.3. The van der Waals surface area contributed by atoms with Crippen molar-refractivity contribution in [3.63, 3.8) is 0 Å². The summed E-state index contributed by atoms with van der Waals surface area (Å²) in [6.45, 7) is -0.397. The number of hydrogen-bond acceptors (Lipinski definition) is 11. The van der Waals surface area contributed by atoms with Gasteiger partial charge in [0.05, 0.1) is 13.2 Å². The first-order valence-corrected chi connectivity index (χ1v) is 10.0. The predicted molar refractivity (Wildman–Crippen MR) is 95.2 cm³/mol. The van der Waals surface area contributed by atoms with Gasteiger partial charge >= 0.3 is 13.5 Å². The second-order valence-electron chi connectivity index (χ2n) is 6.38. The molecule has 1 saturated heterocycles. The van der Waals surface area contributed by atoms with Gasteiger partial charge in [0.25, 0.3) is 0 Å². The Labute approximate surface area is 163 Å². The molecule has 156 valence electrons.